The zero-order valence-corrected chi connectivity index (χ0v) is 13.4. The Hall–Kier alpha value is -2.38. The van der Waals surface area contributed by atoms with E-state index in [9.17, 15) is 0 Å². The van der Waals surface area contributed by atoms with Crippen molar-refractivity contribution in [1.82, 2.24) is 0 Å². The predicted molar refractivity (Wildman–Crippen MR) is 96.8 cm³/mol. The maximum Gasteiger partial charge on any atom is 0.172 e. The van der Waals surface area contributed by atoms with E-state index in [2.05, 4.69) is 96.7 Å². The van der Waals surface area contributed by atoms with Crippen molar-refractivity contribution in [3.8, 4) is 0 Å². The van der Waals surface area contributed by atoms with Crippen molar-refractivity contribution >= 4 is 23.6 Å². The van der Waals surface area contributed by atoms with E-state index in [1.54, 1.807) is 0 Å². The van der Waals surface area contributed by atoms with Crippen LogP contribution in [-0.4, -0.2) is 8.07 Å². The Morgan fingerprint density at radius 2 is 1.14 bits per heavy atom. The van der Waals surface area contributed by atoms with Crippen LogP contribution in [0.4, 0.5) is 0 Å². The molecule has 4 rings (SSSR count). The van der Waals surface area contributed by atoms with Crippen molar-refractivity contribution in [3.05, 3.63) is 102 Å². The molecule has 0 bridgehead atoms. The smallest absolute Gasteiger partial charge is 0.0870 e. The summed E-state index contributed by atoms with van der Waals surface area (Å²) in [5.74, 6) is 0. The molecule has 0 saturated carbocycles. The summed E-state index contributed by atoms with van der Waals surface area (Å²) in [6.45, 7) is 0. The van der Waals surface area contributed by atoms with Crippen LogP contribution >= 0.6 is 0 Å². The van der Waals surface area contributed by atoms with E-state index in [0.717, 1.165) is 6.42 Å². The summed E-state index contributed by atoms with van der Waals surface area (Å²) in [7, 11) is -2.04. The molecule has 0 atom stereocenters. The van der Waals surface area contributed by atoms with Gasteiger partial charge in [-0.25, -0.2) is 0 Å². The van der Waals surface area contributed by atoms with Gasteiger partial charge in [0.25, 0.3) is 0 Å². The number of hydrogen-bond donors (Lipinski definition) is 0. The van der Waals surface area contributed by atoms with Gasteiger partial charge in [-0.2, -0.15) is 0 Å². The fraction of sp³-hybridized carbons (Fsp3) is 0.0476. The summed E-state index contributed by atoms with van der Waals surface area (Å²) in [4.78, 5) is 0. The Morgan fingerprint density at radius 1 is 0.591 bits per heavy atom. The predicted octanol–water partition coefficient (Wildman–Crippen LogP) is 2.81. The lowest BCUT2D eigenvalue weighted by Gasteiger charge is -2.34. The number of fused-ring (bicyclic) bond motifs is 1. The van der Waals surface area contributed by atoms with Crippen molar-refractivity contribution in [2.24, 2.45) is 0 Å². The first-order valence-electron chi connectivity index (χ1n) is 7.78. The number of rotatable bonds is 2. The molecule has 0 aliphatic carbocycles. The molecule has 0 N–H and O–H groups in total. The second kappa shape index (κ2) is 5.43. The van der Waals surface area contributed by atoms with Gasteiger partial charge in [0.2, 0.25) is 0 Å². The van der Waals surface area contributed by atoms with Crippen LogP contribution in [0.5, 0.6) is 0 Å². The van der Waals surface area contributed by atoms with Crippen molar-refractivity contribution in [1.29, 1.82) is 0 Å². The molecule has 106 valence electrons. The first-order valence-corrected chi connectivity index (χ1v) is 9.86. The lowest BCUT2D eigenvalue weighted by atomic mass is 10.1. The van der Waals surface area contributed by atoms with E-state index < -0.39 is 8.07 Å². The Labute approximate surface area is 132 Å². The standard InChI is InChI=1S/C21H18Si/c1-3-12-19(13-4-1)22(20-14-5-2-6-15-20)17-9-11-18-10-7-8-16-21(18)22/h1-10,12-17H,11H2. The normalized spacial score (nSPS) is 15.3. The molecule has 0 saturated heterocycles. The molecule has 1 heteroatoms. The third kappa shape index (κ3) is 1.98. The van der Waals surface area contributed by atoms with Crippen LogP contribution in [0.1, 0.15) is 5.56 Å². The van der Waals surface area contributed by atoms with Crippen molar-refractivity contribution in [3.63, 3.8) is 0 Å². The monoisotopic (exact) mass is 298 g/mol. The molecule has 1 aliphatic rings. The summed E-state index contributed by atoms with van der Waals surface area (Å²) in [5.41, 5.74) is 3.99. The maximum absolute atomic E-state index is 2.51. The number of allylic oxidation sites excluding steroid dienone is 1. The fourth-order valence-electron chi connectivity index (χ4n) is 3.61. The van der Waals surface area contributed by atoms with Gasteiger partial charge < -0.3 is 0 Å². The molecule has 0 fully saturated rings. The molecule has 0 radical (unpaired) electrons. The second-order valence-corrected chi connectivity index (χ2v) is 9.45. The molecule has 22 heavy (non-hydrogen) atoms. The molecule has 0 spiro atoms. The van der Waals surface area contributed by atoms with Gasteiger partial charge in [-0.05, 0) is 27.5 Å². The van der Waals surface area contributed by atoms with Gasteiger partial charge in [-0.15, -0.1) is 0 Å². The lowest BCUT2D eigenvalue weighted by molar-refractivity contribution is 1.28. The highest BCUT2D eigenvalue weighted by Gasteiger charge is 2.39. The molecule has 3 aromatic carbocycles. The molecular weight excluding hydrogens is 280 g/mol. The third-order valence-corrected chi connectivity index (χ3v) is 9.17. The van der Waals surface area contributed by atoms with Crippen LogP contribution in [0.25, 0.3) is 0 Å². The van der Waals surface area contributed by atoms with E-state index in [4.69, 9.17) is 0 Å². The Morgan fingerprint density at radius 3 is 1.77 bits per heavy atom. The SMILES string of the molecule is C1=C[Si](c2ccccc2)(c2ccccc2)c2ccccc2C1. The van der Waals surface area contributed by atoms with Crippen molar-refractivity contribution in [2.45, 2.75) is 6.42 Å². The molecule has 1 heterocycles. The summed E-state index contributed by atoms with van der Waals surface area (Å²) >= 11 is 0. The van der Waals surface area contributed by atoms with Crippen LogP contribution in [0.3, 0.4) is 0 Å². The van der Waals surface area contributed by atoms with E-state index in [-0.39, 0.29) is 0 Å². The zero-order chi connectivity index (χ0) is 14.8. The van der Waals surface area contributed by atoms with Crippen LogP contribution in [0.2, 0.25) is 0 Å². The lowest BCUT2D eigenvalue weighted by Crippen LogP contribution is -2.67. The highest BCUT2D eigenvalue weighted by molar-refractivity contribution is 7.15. The van der Waals surface area contributed by atoms with Crippen LogP contribution in [0.15, 0.2) is 96.7 Å². The van der Waals surface area contributed by atoms with Crippen LogP contribution in [0, 0.1) is 0 Å². The van der Waals surface area contributed by atoms with E-state index in [0.29, 0.717) is 0 Å². The van der Waals surface area contributed by atoms with Crippen LogP contribution < -0.4 is 15.6 Å². The minimum absolute atomic E-state index is 1.05. The average molecular weight is 298 g/mol. The minimum atomic E-state index is -2.04. The molecule has 0 aromatic heterocycles. The number of hydrogen-bond acceptors (Lipinski definition) is 0. The Bertz CT molecular complexity index is 764. The molecule has 0 unspecified atom stereocenters. The zero-order valence-electron chi connectivity index (χ0n) is 12.4. The molecule has 0 nitrogen and oxygen atoms in total. The Balaban J connectivity index is 2.07. The molecule has 3 aromatic rings. The Kier molecular flexibility index (Phi) is 3.28. The summed E-state index contributed by atoms with van der Waals surface area (Å²) in [6.07, 6.45) is 3.42. The van der Waals surface area contributed by atoms with Gasteiger partial charge >= 0.3 is 0 Å². The molecule has 0 amide bonds. The summed E-state index contributed by atoms with van der Waals surface area (Å²) in [5, 5.41) is 4.46. The molecular formula is C21H18Si. The fourth-order valence-corrected chi connectivity index (χ4v) is 8.09. The average Bonchev–Trinajstić information content (AvgIpc) is 2.63. The minimum Gasteiger partial charge on any atom is -0.0870 e. The molecule has 1 aliphatic heterocycles. The van der Waals surface area contributed by atoms with Crippen molar-refractivity contribution < 1.29 is 0 Å². The van der Waals surface area contributed by atoms with Gasteiger partial charge in [-0.3, -0.25) is 0 Å². The van der Waals surface area contributed by atoms with E-state index in [1.807, 2.05) is 0 Å². The van der Waals surface area contributed by atoms with Gasteiger partial charge in [0.15, 0.2) is 8.07 Å². The largest absolute Gasteiger partial charge is 0.172 e. The number of benzene rings is 3. The van der Waals surface area contributed by atoms with Crippen molar-refractivity contribution in [2.75, 3.05) is 0 Å². The maximum atomic E-state index is 2.51. The van der Waals surface area contributed by atoms with Gasteiger partial charge in [-0.1, -0.05) is 96.7 Å². The van der Waals surface area contributed by atoms with Crippen LogP contribution in [-0.2, 0) is 6.42 Å². The quantitative estimate of drug-likeness (QED) is 0.638. The van der Waals surface area contributed by atoms with E-state index in [1.165, 1.54) is 21.1 Å². The van der Waals surface area contributed by atoms with Gasteiger partial charge in [0.1, 0.15) is 0 Å². The highest BCUT2D eigenvalue weighted by Crippen LogP contribution is 2.17. The third-order valence-electron chi connectivity index (χ3n) is 4.61. The van der Waals surface area contributed by atoms with Gasteiger partial charge in [0.05, 0.1) is 0 Å². The first-order chi connectivity index (χ1) is 10.9. The second-order valence-electron chi connectivity index (χ2n) is 5.80. The summed E-state index contributed by atoms with van der Waals surface area (Å²) < 4.78 is 0. The van der Waals surface area contributed by atoms with Gasteiger partial charge in [0, 0.05) is 0 Å². The highest BCUT2D eigenvalue weighted by atomic mass is 28.3. The topological polar surface area (TPSA) is 0 Å². The summed E-state index contributed by atoms with van der Waals surface area (Å²) in [6, 6.07) is 31.0. The first kappa shape index (κ1) is 13.3. The van der Waals surface area contributed by atoms with E-state index >= 15 is 0 Å².